The van der Waals surface area contributed by atoms with Crippen molar-refractivity contribution < 1.29 is 9.53 Å². The molecule has 0 fully saturated rings. The number of ketones is 1. The molecule has 2 aromatic carbocycles. The Morgan fingerprint density at radius 2 is 1.60 bits per heavy atom. The van der Waals surface area contributed by atoms with E-state index in [-0.39, 0.29) is 11.7 Å². The fraction of sp³-hybridized carbons (Fsp3) is 0.167. The number of carbonyl (C=O) groups excluding carboxylic acids is 1. The second-order valence-corrected chi connectivity index (χ2v) is 4.90. The number of Topliss-reactive ketones (excluding diaryl/α,β-unsaturated/α-hetero) is 1. The van der Waals surface area contributed by atoms with Gasteiger partial charge in [-0.15, -0.1) is 0 Å². The normalized spacial score (nSPS) is 17.9. The molecule has 0 bridgehead atoms. The van der Waals surface area contributed by atoms with E-state index < -0.39 is 0 Å². The molecule has 0 saturated heterocycles. The van der Waals surface area contributed by atoms with Gasteiger partial charge in [0.05, 0.1) is 12.5 Å². The predicted molar refractivity (Wildman–Crippen MR) is 79.5 cm³/mol. The van der Waals surface area contributed by atoms with Gasteiger partial charge in [-0.3, -0.25) is 4.79 Å². The number of ether oxygens (including phenoxy) is 1. The maximum atomic E-state index is 12.4. The number of rotatable bonds is 4. The van der Waals surface area contributed by atoms with E-state index in [0.29, 0.717) is 6.61 Å². The molecule has 0 spiro atoms. The second-order valence-electron chi connectivity index (χ2n) is 4.90. The number of benzene rings is 2. The summed E-state index contributed by atoms with van der Waals surface area (Å²) in [5.74, 6) is 0.936. The molecular weight excluding hydrogens is 248 g/mol. The average Bonchev–Trinajstić information content (AvgIpc) is 2.88. The zero-order valence-corrected chi connectivity index (χ0v) is 11.2. The van der Waals surface area contributed by atoms with E-state index in [0.717, 1.165) is 23.3 Å². The minimum Gasteiger partial charge on any atom is -0.493 e. The van der Waals surface area contributed by atoms with Gasteiger partial charge in [-0.05, 0) is 24.1 Å². The summed E-state index contributed by atoms with van der Waals surface area (Å²) in [4.78, 5) is 12.4. The van der Waals surface area contributed by atoms with Crippen LogP contribution in [0.5, 0.6) is 5.75 Å². The van der Waals surface area contributed by atoms with Gasteiger partial charge < -0.3 is 4.74 Å². The summed E-state index contributed by atoms with van der Waals surface area (Å²) >= 11 is 0. The molecule has 1 aliphatic rings. The number of para-hydroxylation sites is 1. The van der Waals surface area contributed by atoms with Crippen LogP contribution >= 0.6 is 0 Å². The average molecular weight is 264 g/mol. The maximum Gasteiger partial charge on any atom is 0.169 e. The van der Waals surface area contributed by atoms with Crippen molar-refractivity contribution in [1.29, 1.82) is 0 Å². The van der Waals surface area contributed by atoms with Crippen molar-refractivity contribution >= 4 is 11.4 Å². The molecule has 0 N–H and O–H groups in total. The lowest BCUT2D eigenvalue weighted by Crippen LogP contribution is -2.18. The molecule has 2 nitrogen and oxygen atoms in total. The fourth-order valence-corrected chi connectivity index (χ4v) is 2.42. The lowest BCUT2D eigenvalue weighted by Gasteiger charge is -2.11. The van der Waals surface area contributed by atoms with E-state index in [1.807, 2.05) is 66.7 Å². The molecule has 3 rings (SSSR count). The van der Waals surface area contributed by atoms with Gasteiger partial charge in [0.1, 0.15) is 5.75 Å². The van der Waals surface area contributed by atoms with E-state index in [2.05, 4.69) is 0 Å². The predicted octanol–water partition coefficient (Wildman–Crippen LogP) is 3.74. The van der Waals surface area contributed by atoms with Crippen LogP contribution in [0.1, 0.15) is 12.0 Å². The lowest BCUT2D eigenvalue weighted by molar-refractivity contribution is -0.117. The molecule has 1 atom stereocenters. The van der Waals surface area contributed by atoms with Gasteiger partial charge in [-0.1, -0.05) is 54.6 Å². The molecule has 100 valence electrons. The molecule has 1 aliphatic carbocycles. The third-order valence-corrected chi connectivity index (χ3v) is 3.52. The Morgan fingerprint density at radius 1 is 0.950 bits per heavy atom. The summed E-state index contributed by atoms with van der Waals surface area (Å²) in [5.41, 5.74) is 1.83. The van der Waals surface area contributed by atoms with Crippen LogP contribution in [-0.2, 0) is 4.79 Å². The van der Waals surface area contributed by atoms with Crippen molar-refractivity contribution in [2.75, 3.05) is 6.61 Å². The summed E-state index contributed by atoms with van der Waals surface area (Å²) in [7, 11) is 0. The van der Waals surface area contributed by atoms with Crippen LogP contribution in [0, 0.1) is 5.92 Å². The first-order valence-electron chi connectivity index (χ1n) is 6.82. The Balaban J connectivity index is 1.64. The highest BCUT2D eigenvalue weighted by Gasteiger charge is 2.28. The van der Waals surface area contributed by atoms with Gasteiger partial charge in [0, 0.05) is 5.57 Å². The molecular formula is C18H16O2. The Labute approximate surface area is 118 Å². The van der Waals surface area contributed by atoms with E-state index >= 15 is 0 Å². The van der Waals surface area contributed by atoms with Gasteiger partial charge in [0.15, 0.2) is 5.78 Å². The Morgan fingerprint density at radius 3 is 2.30 bits per heavy atom. The molecule has 0 saturated carbocycles. The number of carbonyl (C=O) groups is 1. The molecule has 0 amide bonds. The van der Waals surface area contributed by atoms with Crippen molar-refractivity contribution in [3.8, 4) is 5.75 Å². The first-order valence-corrected chi connectivity index (χ1v) is 6.82. The molecule has 2 aromatic rings. The maximum absolute atomic E-state index is 12.4. The van der Waals surface area contributed by atoms with Gasteiger partial charge in [0.25, 0.3) is 0 Å². The smallest absolute Gasteiger partial charge is 0.169 e. The Kier molecular flexibility index (Phi) is 3.64. The van der Waals surface area contributed by atoms with E-state index in [1.54, 1.807) is 0 Å². The molecule has 0 aromatic heterocycles. The standard InChI is InChI=1S/C18H16O2/c19-18-15(13-20-16-9-5-2-6-10-16)11-12-17(18)14-7-3-1-4-8-14/h1-10,12,15H,11,13H2. The quantitative estimate of drug-likeness (QED) is 0.841. The highest BCUT2D eigenvalue weighted by molar-refractivity contribution is 6.23. The van der Waals surface area contributed by atoms with Crippen LogP contribution in [-0.4, -0.2) is 12.4 Å². The first-order chi connectivity index (χ1) is 9.84. The van der Waals surface area contributed by atoms with Crippen molar-refractivity contribution in [3.05, 3.63) is 72.3 Å². The minimum atomic E-state index is -0.0644. The van der Waals surface area contributed by atoms with Crippen LogP contribution < -0.4 is 4.74 Å². The largest absolute Gasteiger partial charge is 0.493 e. The number of allylic oxidation sites excluding steroid dienone is 2. The summed E-state index contributed by atoms with van der Waals surface area (Å²) in [6.45, 7) is 0.440. The molecule has 20 heavy (non-hydrogen) atoms. The zero-order valence-electron chi connectivity index (χ0n) is 11.2. The monoisotopic (exact) mass is 264 g/mol. The van der Waals surface area contributed by atoms with Crippen LogP contribution in [0.15, 0.2) is 66.7 Å². The van der Waals surface area contributed by atoms with E-state index in [4.69, 9.17) is 4.74 Å². The van der Waals surface area contributed by atoms with Crippen molar-refractivity contribution in [2.45, 2.75) is 6.42 Å². The van der Waals surface area contributed by atoms with Crippen molar-refractivity contribution in [3.63, 3.8) is 0 Å². The van der Waals surface area contributed by atoms with Crippen molar-refractivity contribution in [2.24, 2.45) is 5.92 Å². The first kappa shape index (κ1) is 12.7. The summed E-state index contributed by atoms with van der Waals surface area (Å²) in [6, 6.07) is 19.4. The molecule has 0 radical (unpaired) electrons. The highest BCUT2D eigenvalue weighted by atomic mass is 16.5. The van der Waals surface area contributed by atoms with Gasteiger partial charge in [-0.25, -0.2) is 0 Å². The fourth-order valence-electron chi connectivity index (χ4n) is 2.42. The minimum absolute atomic E-state index is 0.0644. The molecule has 0 aliphatic heterocycles. The molecule has 2 heteroatoms. The third kappa shape index (κ3) is 2.64. The van der Waals surface area contributed by atoms with Crippen LogP contribution in [0.2, 0.25) is 0 Å². The highest BCUT2D eigenvalue weighted by Crippen LogP contribution is 2.29. The second kappa shape index (κ2) is 5.74. The van der Waals surface area contributed by atoms with E-state index in [9.17, 15) is 4.79 Å². The van der Waals surface area contributed by atoms with Gasteiger partial charge in [-0.2, -0.15) is 0 Å². The van der Waals surface area contributed by atoms with Crippen LogP contribution in [0.3, 0.4) is 0 Å². The Bertz CT molecular complexity index is 614. The summed E-state index contributed by atoms with van der Waals surface area (Å²) in [6.07, 6.45) is 2.78. The van der Waals surface area contributed by atoms with Crippen LogP contribution in [0.25, 0.3) is 5.57 Å². The zero-order chi connectivity index (χ0) is 13.8. The number of hydrogen-bond acceptors (Lipinski definition) is 2. The summed E-state index contributed by atoms with van der Waals surface area (Å²) < 4.78 is 5.69. The topological polar surface area (TPSA) is 26.3 Å². The SMILES string of the molecule is O=C1C(c2ccccc2)=CCC1COc1ccccc1. The van der Waals surface area contributed by atoms with E-state index in [1.165, 1.54) is 0 Å². The summed E-state index contributed by atoms with van der Waals surface area (Å²) in [5, 5.41) is 0. The molecule has 0 heterocycles. The molecule has 1 unspecified atom stereocenters. The van der Waals surface area contributed by atoms with Crippen LogP contribution in [0.4, 0.5) is 0 Å². The lowest BCUT2D eigenvalue weighted by atomic mass is 10.00. The van der Waals surface area contributed by atoms with Gasteiger partial charge in [0.2, 0.25) is 0 Å². The van der Waals surface area contributed by atoms with Gasteiger partial charge >= 0.3 is 0 Å². The number of hydrogen-bond donors (Lipinski definition) is 0. The van der Waals surface area contributed by atoms with Crippen molar-refractivity contribution in [1.82, 2.24) is 0 Å². The third-order valence-electron chi connectivity index (χ3n) is 3.52. The Hall–Kier alpha value is -2.35.